The van der Waals surface area contributed by atoms with Crippen molar-refractivity contribution in [3.8, 4) is 0 Å². The second-order valence-corrected chi connectivity index (χ2v) is 8.14. The van der Waals surface area contributed by atoms with Gasteiger partial charge in [-0.05, 0) is 57.6 Å². The lowest BCUT2D eigenvalue weighted by Gasteiger charge is -2.44. The van der Waals surface area contributed by atoms with E-state index in [4.69, 9.17) is 0 Å². The first-order valence-corrected chi connectivity index (χ1v) is 10.0. The molecule has 3 aliphatic rings. The first-order valence-electron chi connectivity index (χ1n) is 10.0. The summed E-state index contributed by atoms with van der Waals surface area (Å²) >= 11 is 0. The Labute approximate surface area is 155 Å². The molecule has 0 N–H and O–H groups in total. The zero-order valence-electron chi connectivity index (χ0n) is 15.9. The summed E-state index contributed by atoms with van der Waals surface area (Å²) in [6.07, 6.45) is 7.58. The van der Waals surface area contributed by atoms with E-state index in [1.807, 2.05) is 38.1 Å². The Kier molecular flexibility index (Phi) is 4.74. The third-order valence-electron chi connectivity index (χ3n) is 6.44. The van der Waals surface area contributed by atoms with E-state index < -0.39 is 6.04 Å². The maximum Gasteiger partial charge on any atom is 0.333 e. The zero-order valence-corrected chi connectivity index (χ0v) is 15.9. The predicted molar refractivity (Wildman–Crippen MR) is 102 cm³/mol. The third-order valence-corrected chi connectivity index (χ3v) is 6.44. The number of anilines is 1. The molecule has 1 aromatic rings. The number of amides is 3. The molecule has 1 aliphatic carbocycles. The monoisotopic (exact) mass is 355 g/mol. The second-order valence-electron chi connectivity index (χ2n) is 8.14. The normalized spacial score (nSPS) is 30.0. The number of hydrogen-bond acceptors (Lipinski definition) is 3. The van der Waals surface area contributed by atoms with Crippen molar-refractivity contribution >= 4 is 17.6 Å². The van der Waals surface area contributed by atoms with Crippen LogP contribution >= 0.6 is 0 Å². The number of hydrogen-bond donors (Lipinski definition) is 0. The molecule has 140 valence electrons. The summed E-state index contributed by atoms with van der Waals surface area (Å²) in [5.41, 5.74) is 1.95. The van der Waals surface area contributed by atoms with Crippen molar-refractivity contribution in [3.05, 3.63) is 29.8 Å². The quantitative estimate of drug-likeness (QED) is 0.776. The topological polar surface area (TPSA) is 43.9 Å². The van der Waals surface area contributed by atoms with Crippen LogP contribution in [0.15, 0.2) is 24.3 Å². The van der Waals surface area contributed by atoms with Crippen LogP contribution in [0.25, 0.3) is 0 Å². The Balaban J connectivity index is 1.52. The van der Waals surface area contributed by atoms with Gasteiger partial charge in [0.1, 0.15) is 6.04 Å². The minimum atomic E-state index is -0.433. The fraction of sp³-hybridized carbons (Fsp3) is 0.619. The van der Waals surface area contributed by atoms with Crippen molar-refractivity contribution in [3.63, 3.8) is 0 Å². The summed E-state index contributed by atoms with van der Waals surface area (Å²) in [6, 6.07) is 7.76. The number of piperidine rings is 1. The van der Waals surface area contributed by atoms with Gasteiger partial charge in [-0.2, -0.15) is 0 Å². The van der Waals surface area contributed by atoms with Crippen molar-refractivity contribution in [1.29, 1.82) is 0 Å². The van der Waals surface area contributed by atoms with Gasteiger partial charge in [0, 0.05) is 18.3 Å². The van der Waals surface area contributed by atoms with Gasteiger partial charge >= 0.3 is 6.03 Å². The Bertz CT molecular complexity index is 685. The molecule has 3 amide bonds. The molecule has 0 unspecified atom stereocenters. The molecule has 0 radical (unpaired) electrons. The summed E-state index contributed by atoms with van der Waals surface area (Å²) < 4.78 is 0. The number of urea groups is 1. The fourth-order valence-electron chi connectivity index (χ4n) is 4.98. The van der Waals surface area contributed by atoms with E-state index in [1.165, 1.54) is 43.4 Å². The Hall–Kier alpha value is -1.88. The summed E-state index contributed by atoms with van der Waals surface area (Å²) in [6.45, 7) is 5.30. The molecule has 2 aliphatic heterocycles. The summed E-state index contributed by atoms with van der Waals surface area (Å²) in [7, 11) is 0. The Morgan fingerprint density at radius 1 is 1.00 bits per heavy atom. The highest BCUT2D eigenvalue weighted by Gasteiger charge is 2.45. The fourth-order valence-corrected chi connectivity index (χ4v) is 4.98. The molecule has 0 aromatic heterocycles. The standard InChI is InChI=1S/C21H29N3O2/c1-15-9-11-18(12-10-15)24-16(2)20(25)23(21(24)26)14-22-13-5-7-17-6-3-4-8-19(17)22/h9-12,16-17,19H,3-8,13-14H2,1-2H3/t16-,17+,19-/m0/s1. The molecule has 2 saturated heterocycles. The molecular weight excluding hydrogens is 326 g/mol. The first-order chi connectivity index (χ1) is 12.6. The molecule has 1 aromatic carbocycles. The highest BCUT2D eigenvalue weighted by Crippen LogP contribution is 2.36. The van der Waals surface area contributed by atoms with Crippen LogP contribution in [-0.2, 0) is 4.79 Å². The molecule has 3 atom stereocenters. The molecular formula is C21H29N3O2. The van der Waals surface area contributed by atoms with Gasteiger partial charge < -0.3 is 0 Å². The van der Waals surface area contributed by atoms with Crippen LogP contribution in [0.5, 0.6) is 0 Å². The van der Waals surface area contributed by atoms with Crippen LogP contribution < -0.4 is 4.90 Å². The van der Waals surface area contributed by atoms with E-state index in [-0.39, 0.29) is 11.9 Å². The molecule has 5 heteroatoms. The van der Waals surface area contributed by atoms with Crippen LogP contribution in [0, 0.1) is 12.8 Å². The molecule has 4 rings (SSSR count). The number of aryl methyl sites for hydroxylation is 1. The number of imide groups is 1. The van der Waals surface area contributed by atoms with E-state index in [0.717, 1.165) is 23.7 Å². The van der Waals surface area contributed by atoms with Crippen molar-refractivity contribution in [2.75, 3.05) is 18.1 Å². The Morgan fingerprint density at radius 3 is 2.46 bits per heavy atom. The van der Waals surface area contributed by atoms with Gasteiger partial charge in [-0.25, -0.2) is 9.69 Å². The largest absolute Gasteiger partial charge is 0.333 e. The van der Waals surface area contributed by atoms with E-state index >= 15 is 0 Å². The summed E-state index contributed by atoms with van der Waals surface area (Å²) in [4.78, 5) is 31.4. The number of benzene rings is 1. The van der Waals surface area contributed by atoms with Crippen LogP contribution in [-0.4, -0.2) is 47.0 Å². The lowest BCUT2D eigenvalue weighted by atomic mass is 9.78. The van der Waals surface area contributed by atoms with E-state index in [1.54, 1.807) is 4.90 Å². The molecule has 26 heavy (non-hydrogen) atoms. The smallest absolute Gasteiger partial charge is 0.282 e. The predicted octanol–water partition coefficient (Wildman–Crippen LogP) is 3.76. The van der Waals surface area contributed by atoms with Gasteiger partial charge in [0.05, 0.1) is 6.67 Å². The van der Waals surface area contributed by atoms with E-state index in [9.17, 15) is 9.59 Å². The molecule has 2 heterocycles. The molecule has 3 fully saturated rings. The molecule has 5 nitrogen and oxygen atoms in total. The summed E-state index contributed by atoms with van der Waals surface area (Å²) in [5.74, 6) is 0.671. The van der Waals surface area contributed by atoms with E-state index in [2.05, 4.69) is 4.90 Å². The lowest BCUT2D eigenvalue weighted by molar-refractivity contribution is -0.129. The van der Waals surface area contributed by atoms with Gasteiger partial charge in [-0.15, -0.1) is 0 Å². The number of fused-ring (bicyclic) bond motifs is 1. The third kappa shape index (κ3) is 3.02. The van der Waals surface area contributed by atoms with Gasteiger partial charge in [0.25, 0.3) is 5.91 Å². The van der Waals surface area contributed by atoms with Crippen molar-refractivity contribution in [1.82, 2.24) is 9.80 Å². The maximum absolute atomic E-state index is 13.0. The average Bonchev–Trinajstić information content (AvgIpc) is 2.86. The summed E-state index contributed by atoms with van der Waals surface area (Å²) in [5, 5.41) is 0. The minimum Gasteiger partial charge on any atom is -0.282 e. The maximum atomic E-state index is 13.0. The number of carbonyl (C=O) groups excluding carboxylic acids is 2. The van der Waals surface area contributed by atoms with Crippen molar-refractivity contribution < 1.29 is 9.59 Å². The van der Waals surface area contributed by atoms with Gasteiger partial charge in [0.2, 0.25) is 0 Å². The Morgan fingerprint density at radius 2 is 1.69 bits per heavy atom. The van der Waals surface area contributed by atoms with Crippen LogP contribution in [0.3, 0.4) is 0 Å². The molecule has 1 saturated carbocycles. The minimum absolute atomic E-state index is 0.0755. The first kappa shape index (κ1) is 17.5. The average molecular weight is 355 g/mol. The van der Waals surface area contributed by atoms with Gasteiger partial charge in [-0.3, -0.25) is 14.6 Å². The van der Waals surface area contributed by atoms with Crippen molar-refractivity contribution in [2.24, 2.45) is 5.92 Å². The van der Waals surface area contributed by atoms with Crippen LogP contribution in [0.2, 0.25) is 0 Å². The lowest BCUT2D eigenvalue weighted by Crippen LogP contribution is -2.52. The second kappa shape index (κ2) is 7.03. The SMILES string of the molecule is Cc1ccc(N2C(=O)N(CN3CCC[C@H]4CCCC[C@@H]43)C(=O)[C@@H]2C)cc1. The number of nitrogens with zero attached hydrogens (tertiary/aromatic N) is 3. The highest BCUT2D eigenvalue weighted by molar-refractivity contribution is 6.14. The zero-order chi connectivity index (χ0) is 18.3. The highest BCUT2D eigenvalue weighted by atomic mass is 16.2. The number of rotatable bonds is 3. The molecule has 0 spiro atoms. The van der Waals surface area contributed by atoms with Gasteiger partial charge in [-0.1, -0.05) is 30.5 Å². The van der Waals surface area contributed by atoms with Crippen LogP contribution in [0.4, 0.5) is 10.5 Å². The number of carbonyl (C=O) groups is 2. The molecule has 0 bridgehead atoms. The van der Waals surface area contributed by atoms with Crippen molar-refractivity contribution in [2.45, 2.75) is 64.5 Å². The van der Waals surface area contributed by atoms with Gasteiger partial charge in [0.15, 0.2) is 0 Å². The number of likely N-dealkylation sites (tertiary alicyclic amines) is 1. The van der Waals surface area contributed by atoms with Crippen LogP contribution in [0.1, 0.15) is 51.0 Å². The van der Waals surface area contributed by atoms with E-state index in [0.29, 0.717) is 12.7 Å².